The monoisotopic (exact) mass is 628 g/mol. The average molecular weight is 629 g/mol. The molecule has 0 bridgehead atoms. The van der Waals surface area contributed by atoms with Crippen molar-refractivity contribution in [2.24, 2.45) is 22.5 Å². The van der Waals surface area contributed by atoms with Gasteiger partial charge >= 0.3 is 23.9 Å². The Morgan fingerprint density at radius 1 is 0.795 bits per heavy atom. The van der Waals surface area contributed by atoms with Crippen molar-refractivity contribution in [1.82, 2.24) is 16.0 Å². The van der Waals surface area contributed by atoms with E-state index in [-0.39, 0.29) is 12.3 Å². The lowest BCUT2D eigenvalue weighted by Crippen LogP contribution is -2.70. The van der Waals surface area contributed by atoms with Crippen molar-refractivity contribution >= 4 is 29.8 Å². The number of unbranched alkanes of at least 4 members (excludes halogenated alkanes) is 5. The quantitative estimate of drug-likeness (QED) is 0.0875. The Bertz CT molecular complexity index is 949. The topological polar surface area (TPSA) is 197 Å². The molecule has 1 unspecified atom stereocenters. The van der Waals surface area contributed by atoms with Crippen LogP contribution >= 0.6 is 0 Å². The number of nitrogens with two attached hydrogens (primary N) is 1. The number of rotatable bonds is 19. The Kier molecular flexibility index (Phi) is 17.0. The summed E-state index contributed by atoms with van der Waals surface area (Å²) >= 11 is 0. The zero-order valence-corrected chi connectivity index (χ0v) is 28.6. The highest BCUT2D eigenvalue weighted by Crippen LogP contribution is 2.46. The van der Waals surface area contributed by atoms with E-state index in [0.29, 0.717) is 32.4 Å². The summed E-state index contributed by atoms with van der Waals surface area (Å²) in [6.07, 6.45) is 6.05. The van der Waals surface area contributed by atoms with Crippen molar-refractivity contribution in [2.45, 2.75) is 144 Å². The number of amides is 3. The molecule has 44 heavy (non-hydrogen) atoms. The van der Waals surface area contributed by atoms with E-state index >= 15 is 0 Å². The molecule has 7 N–H and O–H groups in total. The zero-order chi connectivity index (χ0) is 34.4. The predicted molar refractivity (Wildman–Crippen MR) is 170 cm³/mol. The molecule has 0 aromatic heterocycles. The molecule has 0 aliphatic heterocycles. The molecule has 0 fully saturated rings. The van der Waals surface area contributed by atoms with Crippen LogP contribution < -0.4 is 21.7 Å². The van der Waals surface area contributed by atoms with Gasteiger partial charge in [-0.25, -0.2) is 14.4 Å². The van der Waals surface area contributed by atoms with Gasteiger partial charge in [-0.3, -0.25) is 9.59 Å². The Balaban J connectivity index is 5.65. The molecule has 0 heterocycles. The highest BCUT2D eigenvalue weighted by molar-refractivity contribution is 5.90. The van der Waals surface area contributed by atoms with Crippen LogP contribution in [0.25, 0.3) is 0 Å². The molecule has 0 spiro atoms. The number of carboxylic acid groups (broad SMARTS) is 2. The maximum atomic E-state index is 13.5. The minimum Gasteiger partial charge on any atom is -0.481 e. The third-order valence-electron chi connectivity index (χ3n) is 7.62. The van der Waals surface area contributed by atoms with Gasteiger partial charge < -0.3 is 36.6 Å². The first-order valence-electron chi connectivity index (χ1n) is 15.8. The third-order valence-corrected chi connectivity index (χ3v) is 7.62. The van der Waals surface area contributed by atoms with Crippen molar-refractivity contribution in [2.75, 3.05) is 13.1 Å². The van der Waals surface area contributed by atoms with Gasteiger partial charge in [-0.2, -0.15) is 0 Å². The second-order valence-electron chi connectivity index (χ2n) is 14.7. The number of nitrogens with one attached hydrogen (secondary N) is 3. The molecule has 0 aromatic carbocycles. The Morgan fingerprint density at radius 2 is 1.36 bits per heavy atom. The Hall–Kier alpha value is -2.89. The fourth-order valence-electron chi connectivity index (χ4n) is 5.35. The van der Waals surface area contributed by atoms with E-state index < -0.39 is 64.3 Å². The SMILES string of the molecule is CC(C)(C)OC(=O)[C@H](CCCCNC(=O)CCCCCCCN)NC(=O)N[C@@](C(=O)O)(C(CC(=O)O)C(C)(C)C)C(C)(C)C. The van der Waals surface area contributed by atoms with Crippen molar-refractivity contribution in [3.8, 4) is 0 Å². The van der Waals surface area contributed by atoms with E-state index in [4.69, 9.17) is 10.5 Å². The first kappa shape index (κ1) is 41.1. The average Bonchev–Trinajstić information content (AvgIpc) is 2.84. The van der Waals surface area contributed by atoms with Gasteiger partial charge in [0.25, 0.3) is 0 Å². The minimum absolute atomic E-state index is 0.0352. The summed E-state index contributed by atoms with van der Waals surface area (Å²) in [4.78, 5) is 63.5. The molecule has 3 amide bonds. The fourth-order valence-corrected chi connectivity index (χ4v) is 5.35. The number of carbonyl (C=O) groups excluding carboxylic acids is 3. The van der Waals surface area contributed by atoms with Gasteiger partial charge in [0.05, 0.1) is 6.42 Å². The Labute approximate surface area is 264 Å². The molecule has 3 atom stereocenters. The van der Waals surface area contributed by atoms with Crippen LogP contribution in [0.4, 0.5) is 4.79 Å². The predicted octanol–water partition coefficient (Wildman–Crippen LogP) is 4.59. The van der Waals surface area contributed by atoms with Gasteiger partial charge in [0, 0.05) is 18.9 Å². The summed E-state index contributed by atoms with van der Waals surface area (Å²) in [7, 11) is 0. The second-order valence-corrected chi connectivity index (χ2v) is 14.7. The number of esters is 1. The molecular weight excluding hydrogens is 568 g/mol. The maximum absolute atomic E-state index is 13.5. The van der Waals surface area contributed by atoms with Gasteiger partial charge in [-0.15, -0.1) is 0 Å². The van der Waals surface area contributed by atoms with Crippen LogP contribution in [-0.2, 0) is 23.9 Å². The van der Waals surface area contributed by atoms with Crippen molar-refractivity contribution in [1.29, 1.82) is 0 Å². The largest absolute Gasteiger partial charge is 0.481 e. The van der Waals surface area contributed by atoms with Crippen molar-refractivity contribution < 1.29 is 38.9 Å². The van der Waals surface area contributed by atoms with Crippen LogP contribution in [0.3, 0.4) is 0 Å². The van der Waals surface area contributed by atoms with Gasteiger partial charge in [0.15, 0.2) is 0 Å². The third kappa shape index (κ3) is 14.7. The number of hydrogen-bond donors (Lipinski definition) is 6. The minimum atomic E-state index is -2.00. The highest BCUT2D eigenvalue weighted by Gasteiger charge is 2.59. The van der Waals surface area contributed by atoms with E-state index in [1.54, 1.807) is 62.3 Å². The molecule has 0 saturated heterocycles. The smallest absolute Gasteiger partial charge is 0.330 e. The molecule has 0 aromatic rings. The first-order chi connectivity index (χ1) is 20.1. The fraction of sp³-hybridized carbons (Fsp3) is 0.844. The summed E-state index contributed by atoms with van der Waals surface area (Å²) in [6, 6.07) is -2.02. The summed E-state index contributed by atoms with van der Waals surface area (Å²) in [5, 5.41) is 28.3. The van der Waals surface area contributed by atoms with Crippen LogP contribution in [0.5, 0.6) is 0 Å². The number of carboxylic acids is 2. The lowest BCUT2D eigenvalue weighted by molar-refractivity contribution is -0.159. The lowest BCUT2D eigenvalue weighted by atomic mass is 9.57. The maximum Gasteiger partial charge on any atom is 0.330 e. The van der Waals surface area contributed by atoms with Crippen LogP contribution in [-0.4, -0.2) is 70.3 Å². The van der Waals surface area contributed by atoms with E-state index in [1.165, 1.54) is 0 Å². The van der Waals surface area contributed by atoms with Crippen molar-refractivity contribution in [3.63, 3.8) is 0 Å². The molecule has 0 saturated carbocycles. The Morgan fingerprint density at radius 3 is 1.84 bits per heavy atom. The molecular formula is C32H60N4O8. The summed E-state index contributed by atoms with van der Waals surface area (Å²) in [6.45, 7) is 16.3. The van der Waals surface area contributed by atoms with Crippen LogP contribution in [0.1, 0.15) is 127 Å². The second kappa shape index (κ2) is 18.2. The van der Waals surface area contributed by atoms with E-state index in [9.17, 15) is 34.2 Å². The van der Waals surface area contributed by atoms with Gasteiger partial charge in [-0.1, -0.05) is 60.8 Å². The van der Waals surface area contributed by atoms with Gasteiger partial charge in [-0.05, 0) is 70.3 Å². The first-order valence-corrected chi connectivity index (χ1v) is 15.8. The van der Waals surface area contributed by atoms with Gasteiger partial charge in [0.2, 0.25) is 5.91 Å². The molecule has 0 aliphatic rings. The molecule has 0 rings (SSSR count). The summed E-state index contributed by atoms with van der Waals surface area (Å²) in [5.41, 5.74) is 0.722. The summed E-state index contributed by atoms with van der Waals surface area (Å²) < 4.78 is 5.52. The normalized spacial score (nSPS) is 15.0. The number of urea groups is 1. The van der Waals surface area contributed by atoms with Crippen LogP contribution in [0, 0.1) is 16.7 Å². The number of hydrogen-bond acceptors (Lipinski definition) is 7. The molecule has 12 heteroatoms. The zero-order valence-electron chi connectivity index (χ0n) is 28.6. The number of ether oxygens (including phenoxy) is 1. The van der Waals surface area contributed by atoms with Crippen LogP contribution in [0.15, 0.2) is 0 Å². The molecule has 12 nitrogen and oxygen atoms in total. The number of carbonyl (C=O) groups is 5. The van der Waals surface area contributed by atoms with Crippen LogP contribution in [0.2, 0.25) is 0 Å². The standard InChI is InChI=1S/C32H60N4O8/c1-29(2,3)23(21-25(38)39)32(27(41)42,30(4,5)6)36-28(43)35-22(26(40)44-31(7,8)9)17-14-16-20-34-24(37)18-13-11-10-12-15-19-33/h22-23H,10-21,33H2,1-9H3,(H,34,37)(H,38,39)(H,41,42)(H2,35,36,43)/t22-,23?,32+/m0/s1. The molecule has 0 radical (unpaired) electrons. The molecule has 0 aliphatic carbocycles. The molecule has 256 valence electrons. The lowest BCUT2D eigenvalue weighted by Gasteiger charge is -2.51. The summed E-state index contributed by atoms with van der Waals surface area (Å²) in [5.74, 6) is -4.29. The van der Waals surface area contributed by atoms with Crippen molar-refractivity contribution in [3.05, 3.63) is 0 Å². The van der Waals surface area contributed by atoms with E-state index in [1.807, 2.05) is 0 Å². The van der Waals surface area contributed by atoms with E-state index in [2.05, 4.69) is 16.0 Å². The number of aliphatic carboxylic acids is 2. The highest BCUT2D eigenvalue weighted by atomic mass is 16.6. The van der Waals surface area contributed by atoms with E-state index in [0.717, 1.165) is 32.1 Å². The van der Waals surface area contributed by atoms with Gasteiger partial charge in [0.1, 0.15) is 17.2 Å².